The minimum Gasteiger partial charge on any atom is -0.355 e. The highest BCUT2D eigenvalue weighted by molar-refractivity contribution is 6.31. The minimum absolute atomic E-state index is 0.0128. The van der Waals surface area contributed by atoms with Crippen LogP contribution in [0.1, 0.15) is 18.4 Å². The van der Waals surface area contributed by atoms with E-state index in [-0.39, 0.29) is 11.8 Å². The SMILES string of the molecule is Cc1ccc(Cl)cc1NC(=O)C1CCN(c2ccc(-c3ccccc3)nn2)CC1. The Morgan fingerprint density at radius 3 is 2.48 bits per heavy atom. The number of rotatable bonds is 4. The van der Waals surface area contributed by atoms with Gasteiger partial charge in [0.25, 0.3) is 0 Å². The van der Waals surface area contributed by atoms with E-state index >= 15 is 0 Å². The number of aryl methyl sites for hydroxylation is 1. The normalized spacial score (nSPS) is 14.6. The summed E-state index contributed by atoms with van der Waals surface area (Å²) in [5.41, 5.74) is 3.71. The Hall–Kier alpha value is -2.92. The predicted octanol–water partition coefficient (Wildman–Crippen LogP) is 4.96. The number of carbonyl (C=O) groups is 1. The van der Waals surface area contributed by atoms with Crippen molar-refractivity contribution in [3.8, 4) is 11.3 Å². The van der Waals surface area contributed by atoms with Crippen molar-refractivity contribution < 1.29 is 4.79 Å². The van der Waals surface area contributed by atoms with Gasteiger partial charge in [0.05, 0.1) is 5.69 Å². The fourth-order valence-corrected chi connectivity index (χ4v) is 3.76. The van der Waals surface area contributed by atoms with E-state index in [2.05, 4.69) is 20.4 Å². The summed E-state index contributed by atoms with van der Waals surface area (Å²) >= 11 is 6.05. The van der Waals surface area contributed by atoms with Gasteiger partial charge in [0, 0.05) is 35.3 Å². The van der Waals surface area contributed by atoms with E-state index < -0.39 is 0 Å². The average molecular weight is 407 g/mol. The number of amides is 1. The van der Waals surface area contributed by atoms with E-state index in [4.69, 9.17) is 11.6 Å². The quantitative estimate of drug-likeness (QED) is 0.665. The lowest BCUT2D eigenvalue weighted by Crippen LogP contribution is -2.38. The lowest BCUT2D eigenvalue weighted by molar-refractivity contribution is -0.120. The summed E-state index contributed by atoms with van der Waals surface area (Å²) in [5.74, 6) is 0.899. The lowest BCUT2D eigenvalue weighted by atomic mass is 9.95. The van der Waals surface area contributed by atoms with Gasteiger partial charge in [-0.2, -0.15) is 0 Å². The molecule has 2 heterocycles. The van der Waals surface area contributed by atoms with Crippen molar-refractivity contribution in [3.05, 3.63) is 71.2 Å². The van der Waals surface area contributed by atoms with Gasteiger partial charge in [0.2, 0.25) is 5.91 Å². The highest BCUT2D eigenvalue weighted by Gasteiger charge is 2.26. The second-order valence-corrected chi connectivity index (χ2v) is 7.79. The molecule has 1 aromatic heterocycles. The molecular formula is C23H23ClN4O. The first kappa shape index (κ1) is 19.4. The van der Waals surface area contributed by atoms with Gasteiger partial charge < -0.3 is 10.2 Å². The third-order valence-corrected chi connectivity index (χ3v) is 5.60. The van der Waals surface area contributed by atoms with E-state index in [0.717, 1.165) is 54.3 Å². The van der Waals surface area contributed by atoms with Gasteiger partial charge in [0.1, 0.15) is 0 Å². The Labute approximate surface area is 175 Å². The number of nitrogens with one attached hydrogen (secondary N) is 1. The minimum atomic E-state index is -0.0128. The van der Waals surface area contributed by atoms with E-state index in [1.807, 2.05) is 61.5 Å². The van der Waals surface area contributed by atoms with Crippen LogP contribution in [0.4, 0.5) is 11.5 Å². The number of benzene rings is 2. The molecule has 0 atom stereocenters. The molecule has 6 heteroatoms. The molecule has 1 amide bonds. The Morgan fingerprint density at radius 2 is 1.79 bits per heavy atom. The molecule has 148 valence electrons. The van der Waals surface area contributed by atoms with Crippen LogP contribution >= 0.6 is 11.6 Å². The number of anilines is 2. The van der Waals surface area contributed by atoms with Crippen LogP contribution < -0.4 is 10.2 Å². The molecule has 0 aliphatic carbocycles. The van der Waals surface area contributed by atoms with Crippen LogP contribution in [0.25, 0.3) is 11.3 Å². The summed E-state index contributed by atoms with van der Waals surface area (Å²) in [6.07, 6.45) is 1.57. The van der Waals surface area contributed by atoms with Gasteiger partial charge in [-0.1, -0.05) is 48.0 Å². The fourth-order valence-electron chi connectivity index (χ4n) is 3.59. The van der Waals surface area contributed by atoms with Crippen molar-refractivity contribution in [1.29, 1.82) is 0 Å². The molecule has 3 aromatic rings. The van der Waals surface area contributed by atoms with Crippen molar-refractivity contribution >= 4 is 29.0 Å². The van der Waals surface area contributed by atoms with E-state index in [9.17, 15) is 4.79 Å². The summed E-state index contributed by atoms with van der Waals surface area (Å²) in [6.45, 7) is 3.53. The molecule has 1 aliphatic rings. The zero-order chi connectivity index (χ0) is 20.2. The number of hydrogen-bond donors (Lipinski definition) is 1. The van der Waals surface area contributed by atoms with Gasteiger partial charge in [-0.05, 0) is 49.6 Å². The molecule has 1 N–H and O–H groups in total. The van der Waals surface area contributed by atoms with Crippen LogP contribution in [0.5, 0.6) is 0 Å². The molecule has 0 spiro atoms. The van der Waals surface area contributed by atoms with Gasteiger partial charge in [0.15, 0.2) is 5.82 Å². The predicted molar refractivity (Wildman–Crippen MR) is 117 cm³/mol. The summed E-state index contributed by atoms with van der Waals surface area (Å²) < 4.78 is 0. The van der Waals surface area contributed by atoms with Crippen molar-refractivity contribution in [3.63, 3.8) is 0 Å². The monoisotopic (exact) mass is 406 g/mol. The first-order valence-electron chi connectivity index (χ1n) is 9.81. The Morgan fingerprint density at radius 1 is 1.03 bits per heavy atom. The number of aromatic nitrogens is 2. The molecule has 1 aliphatic heterocycles. The van der Waals surface area contributed by atoms with Crippen LogP contribution in [-0.4, -0.2) is 29.2 Å². The Balaban J connectivity index is 1.35. The van der Waals surface area contributed by atoms with Crippen molar-refractivity contribution in [2.24, 2.45) is 5.92 Å². The van der Waals surface area contributed by atoms with Gasteiger partial charge in [-0.3, -0.25) is 4.79 Å². The fraction of sp³-hybridized carbons (Fsp3) is 0.261. The molecule has 0 bridgehead atoms. The molecule has 0 saturated carbocycles. The Kier molecular flexibility index (Phi) is 5.76. The molecule has 4 rings (SSSR count). The number of nitrogens with zero attached hydrogens (tertiary/aromatic N) is 3. The van der Waals surface area contributed by atoms with E-state index in [1.165, 1.54) is 0 Å². The highest BCUT2D eigenvalue weighted by atomic mass is 35.5. The first-order chi connectivity index (χ1) is 14.1. The molecule has 1 fully saturated rings. The van der Waals surface area contributed by atoms with E-state index in [1.54, 1.807) is 6.07 Å². The maximum absolute atomic E-state index is 12.7. The van der Waals surface area contributed by atoms with Gasteiger partial charge >= 0.3 is 0 Å². The standard InChI is InChI=1S/C23H23ClN4O/c1-16-7-8-19(24)15-21(16)25-23(29)18-11-13-28(14-12-18)22-10-9-20(26-27-22)17-5-3-2-4-6-17/h2-10,15,18H,11-14H2,1H3,(H,25,29). The summed E-state index contributed by atoms with van der Waals surface area (Å²) in [5, 5.41) is 12.4. The van der Waals surface area contributed by atoms with Gasteiger partial charge in [-0.25, -0.2) is 0 Å². The number of hydrogen-bond acceptors (Lipinski definition) is 4. The Bertz CT molecular complexity index is 984. The smallest absolute Gasteiger partial charge is 0.227 e. The molecule has 1 saturated heterocycles. The average Bonchev–Trinajstić information content (AvgIpc) is 2.77. The lowest BCUT2D eigenvalue weighted by Gasteiger charge is -2.32. The van der Waals surface area contributed by atoms with Crippen molar-refractivity contribution in [2.45, 2.75) is 19.8 Å². The second kappa shape index (κ2) is 8.62. The highest BCUT2D eigenvalue weighted by Crippen LogP contribution is 2.26. The van der Waals surface area contributed by atoms with Crippen LogP contribution in [-0.2, 0) is 4.79 Å². The summed E-state index contributed by atoms with van der Waals surface area (Å²) in [4.78, 5) is 14.9. The molecular weight excluding hydrogens is 384 g/mol. The van der Waals surface area contributed by atoms with Crippen LogP contribution in [0.15, 0.2) is 60.7 Å². The van der Waals surface area contributed by atoms with Crippen molar-refractivity contribution in [2.75, 3.05) is 23.3 Å². The zero-order valence-corrected chi connectivity index (χ0v) is 17.1. The third kappa shape index (κ3) is 4.57. The maximum atomic E-state index is 12.7. The summed E-state index contributed by atoms with van der Waals surface area (Å²) in [7, 11) is 0. The maximum Gasteiger partial charge on any atom is 0.227 e. The topological polar surface area (TPSA) is 58.1 Å². The largest absolute Gasteiger partial charge is 0.355 e. The number of piperidine rings is 1. The molecule has 0 radical (unpaired) electrons. The number of halogens is 1. The second-order valence-electron chi connectivity index (χ2n) is 7.35. The zero-order valence-electron chi connectivity index (χ0n) is 16.3. The molecule has 0 unspecified atom stereocenters. The molecule has 2 aromatic carbocycles. The van der Waals surface area contributed by atoms with Crippen molar-refractivity contribution in [1.82, 2.24) is 10.2 Å². The van der Waals surface area contributed by atoms with E-state index in [0.29, 0.717) is 5.02 Å². The van der Waals surface area contributed by atoms with Crippen LogP contribution in [0.3, 0.4) is 0 Å². The summed E-state index contributed by atoms with van der Waals surface area (Å²) in [6, 6.07) is 19.6. The third-order valence-electron chi connectivity index (χ3n) is 5.37. The molecule has 5 nitrogen and oxygen atoms in total. The van der Waals surface area contributed by atoms with Gasteiger partial charge in [-0.15, -0.1) is 10.2 Å². The van der Waals surface area contributed by atoms with Crippen LogP contribution in [0.2, 0.25) is 5.02 Å². The first-order valence-corrected chi connectivity index (χ1v) is 10.2. The number of carbonyl (C=O) groups excluding carboxylic acids is 1. The molecule has 29 heavy (non-hydrogen) atoms. The van der Waals surface area contributed by atoms with Crippen LogP contribution in [0, 0.1) is 12.8 Å².